The van der Waals surface area contributed by atoms with E-state index in [1.807, 2.05) is 24.3 Å². The van der Waals surface area contributed by atoms with E-state index in [-0.39, 0.29) is 18.0 Å². The first-order chi connectivity index (χ1) is 13.6. The molecule has 0 aliphatic carbocycles. The van der Waals surface area contributed by atoms with Crippen molar-refractivity contribution in [1.29, 1.82) is 0 Å². The Kier molecular flexibility index (Phi) is 6.37. The van der Waals surface area contributed by atoms with Crippen molar-refractivity contribution in [1.82, 2.24) is 10.2 Å². The summed E-state index contributed by atoms with van der Waals surface area (Å²) in [6, 6.07) is 14.4. The number of urea groups is 1. The van der Waals surface area contributed by atoms with Gasteiger partial charge in [0.2, 0.25) is 5.91 Å². The fourth-order valence-corrected chi connectivity index (χ4v) is 3.19. The zero-order valence-electron chi connectivity index (χ0n) is 16.1. The molecule has 1 aliphatic rings. The van der Waals surface area contributed by atoms with Crippen molar-refractivity contribution >= 4 is 17.6 Å². The topological polar surface area (TPSA) is 79.9 Å². The standard InChI is InChI=1S/C21H25N3O4/c1-27-18-8-6-15(7-9-18)10-11-24-14-17(13-20(24)25)23-21(26)22-16-4-3-5-19(12-16)28-2/h3-9,12,17H,10-11,13-14H2,1-2H3,(H2,22,23,26). The van der Waals surface area contributed by atoms with Crippen molar-refractivity contribution in [3.8, 4) is 11.5 Å². The second-order valence-corrected chi connectivity index (χ2v) is 6.67. The molecular weight excluding hydrogens is 358 g/mol. The number of hydrogen-bond acceptors (Lipinski definition) is 4. The van der Waals surface area contributed by atoms with Gasteiger partial charge in [-0.25, -0.2) is 4.79 Å². The summed E-state index contributed by atoms with van der Waals surface area (Å²) in [7, 11) is 3.21. The molecule has 1 saturated heterocycles. The lowest BCUT2D eigenvalue weighted by molar-refractivity contribution is -0.127. The molecular formula is C21H25N3O4. The van der Waals surface area contributed by atoms with Gasteiger partial charge < -0.3 is 25.0 Å². The summed E-state index contributed by atoms with van der Waals surface area (Å²) >= 11 is 0. The molecule has 3 rings (SSSR count). The molecule has 0 bridgehead atoms. The fourth-order valence-electron chi connectivity index (χ4n) is 3.19. The summed E-state index contributed by atoms with van der Waals surface area (Å²) in [5, 5.41) is 5.64. The highest BCUT2D eigenvalue weighted by molar-refractivity contribution is 5.90. The van der Waals surface area contributed by atoms with Gasteiger partial charge in [-0.05, 0) is 36.2 Å². The minimum Gasteiger partial charge on any atom is -0.497 e. The number of ether oxygens (including phenoxy) is 2. The van der Waals surface area contributed by atoms with Gasteiger partial charge in [0, 0.05) is 31.3 Å². The van der Waals surface area contributed by atoms with E-state index >= 15 is 0 Å². The molecule has 1 unspecified atom stereocenters. The lowest BCUT2D eigenvalue weighted by atomic mass is 10.1. The molecule has 0 radical (unpaired) electrons. The van der Waals surface area contributed by atoms with E-state index in [4.69, 9.17) is 9.47 Å². The Hall–Kier alpha value is -3.22. The molecule has 148 valence electrons. The molecule has 1 heterocycles. The zero-order chi connectivity index (χ0) is 19.9. The summed E-state index contributed by atoms with van der Waals surface area (Å²) in [4.78, 5) is 26.3. The van der Waals surface area contributed by atoms with Crippen LogP contribution in [0.1, 0.15) is 12.0 Å². The molecule has 7 nitrogen and oxygen atoms in total. The summed E-state index contributed by atoms with van der Waals surface area (Å²) < 4.78 is 10.3. The van der Waals surface area contributed by atoms with Gasteiger partial charge in [0.05, 0.1) is 20.3 Å². The number of hydrogen-bond donors (Lipinski definition) is 2. The number of carbonyl (C=O) groups is 2. The van der Waals surface area contributed by atoms with E-state index in [1.54, 1.807) is 43.4 Å². The highest BCUT2D eigenvalue weighted by Crippen LogP contribution is 2.18. The smallest absolute Gasteiger partial charge is 0.319 e. The van der Waals surface area contributed by atoms with Crippen molar-refractivity contribution in [2.45, 2.75) is 18.9 Å². The van der Waals surface area contributed by atoms with Gasteiger partial charge in [0.25, 0.3) is 0 Å². The Labute approximate surface area is 164 Å². The molecule has 2 aromatic carbocycles. The van der Waals surface area contributed by atoms with Gasteiger partial charge >= 0.3 is 6.03 Å². The van der Waals surface area contributed by atoms with Gasteiger partial charge in [-0.3, -0.25) is 4.79 Å². The summed E-state index contributed by atoms with van der Waals surface area (Å²) in [5.41, 5.74) is 1.78. The van der Waals surface area contributed by atoms with Crippen molar-refractivity contribution in [3.05, 3.63) is 54.1 Å². The third-order valence-corrected chi connectivity index (χ3v) is 4.71. The number of amides is 3. The number of nitrogens with one attached hydrogen (secondary N) is 2. The van der Waals surface area contributed by atoms with Crippen LogP contribution in [0.25, 0.3) is 0 Å². The van der Waals surface area contributed by atoms with E-state index in [2.05, 4.69) is 10.6 Å². The van der Waals surface area contributed by atoms with Crippen molar-refractivity contribution in [2.24, 2.45) is 0 Å². The first-order valence-corrected chi connectivity index (χ1v) is 9.19. The SMILES string of the molecule is COc1ccc(CCN2CC(NC(=O)Nc3cccc(OC)c3)CC2=O)cc1. The number of anilines is 1. The Bertz CT molecular complexity index is 823. The molecule has 2 aromatic rings. The Morgan fingerprint density at radius 2 is 1.86 bits per heavy atom. The molecule has 1 aliphatic heterocycles. The molecule has 0 spiro atoms. The van der Waals surface area contributed by atoms with Crippen LogP contribution in [0.5, 0.6) is 11.5 Å². The number of carbonyl (C=O) groups excluding carboxylic acids is 2. The largest absolute Gasteiger partial charge is 0.497 e. The number of rotatable bonds is 7. The average molecular weight is 383 g/mol. The zero-order valence-corrected chi connectivity index (χ0v) is 16.1. The van der Waals surface area contributed by atoms with Gasteiger partial charge in [-0.1, -0.05) is 18.2 Å². The first kappa shape index (κ1) is 19.5. The molecule has 2 N–H and O–H groups in total. The number of methoxy groups -OCH3 is 2. The van der Waals surface area contributed by atoms with Crippen LogP contribution < -0.4 is 20.1 Å². The van der Waals surface area contributed by atoms with E-state index in [0.29, 0.717) is 30.9 Å². The summed E-state index contributed by atoms with van der Waals surface area (Å²) in [6.45, 7) is 1.14. The van der Waals surface area contributed by atoms with Gasteiger partial charge in [0.1, 0.15) is 11.5 Å². The molecule has 0 aromatic heterocycles. The third kappa shape index (κ3) is 5.16. The van der Waals surface area contributed by atoms with Gasteiger partial charge in [-0.15, -0.1) is 0 Å². The predicted octanol–water partition coefficient (Wildman–Crippen LogP) is 2.67. The molecule has 1 fully saturated rings. The van der Waals surface area contributed by atoms with Crippen LogP contribution in [0, 0.1) is 0 Å². The number of likely N-dealkylation sites (tertiary alicyclic amines) is 1. The van der Waals surface area contributed by atoms with E-state index < -0.39 is 0 Å². The number of nitrogens with zero attached hydrogens (tertiary/aromatic N) is 1. The monoisotopic (exact) mass is 383 g/mol. The highest BCUT2D eigenvalue weighted by atomic mass is 16.5. The molecule has 28 heavy (non-hydrogen) atoms. The van der Waals surface area contributed by atoms with E-state index in [1.165, 1.54) is 0 Å². The van der Waals surface area contributed by atoms with Crippen LogP contribution in [-0.2, 0) is 11.2 Å². The lowest BCUT2D eigenvalue weighted by Gasteiger charge is -2.17. The van der Waals surface area contributed by atoms with Crippen LogP contribution in [0.15, 0.2) is 48.5 Å². The van der Waals surface area contributed by atoms with Crippen LogP contribution in [0.4, 0.5) is 10.5 Å². The van der Waals surface area contributed by atoms with Crippen molar-refractivity contribution in [2.75, 3.05) is 32.6 Å². The Morgan fingerprint density at radius 3 is 2.57 bits per heavy atom. The van der Waals surface area contributed by atoms with Gasteiger partial charge in [0.15, 0.2) is 0 Å². The Balaban J connectivity index is 1.47. The minimum absolute atomic E-state index is 0.0557. The van der Waals surface area contributed by atoms with E-state index in [0.717, 1.165) is 17.7 Å². The second kappa shape index (κ2) is 9.12. The van der Waals surface area contributed by atoms with Crippen LogP contribution in [0.3, 0.4) is 0 Å². The maximum absolute atomic E-state index is 12.2. The maximum atomic E-state index is 12.2. The summed E-state index contributed by atoms with van der Waals surface area (Å²) in [5.74, 6) is 1.53. The molecule has 0 saturated carbocycles. The normalized spacial score (nSPS) is 16.0. The second-order valence-electron chi connectivity index (χ2n) is 6.67. The van der Waals surface area contributed by atoms with Crippen LogP contribution in [0.2, 0.25) is 0 Å². The molecule has 1 atom stereocenters. The number of benzene rings is 2. The van der Waals surface area contributed by atoms with Crippen molar-refractivity contribution in [3.63, 3.8) is 0 Å². The fraction of sp³-hybridized carbons (Fsp3) is 0.333. The highest BCUT2D eigenvalue weighted by Gasteiger charge is 2.30. The third-order valence-electron chi connectivity index (χ3n) is 4.71. The molecule has 7 heteroatoms. The maximum Gasteiger partial charge on any atom is 0.319 e. The lowest BCUT2D eigenvalue weighted by Crippen LogP contribution is -2.40. The average Bonchev–Trinajstić information content (AvgIpc) is 3.05. The van der Waals surface area contributed by atoms with Gasteiger partial charge in [-0.2, -0.15) is 0 Å². The minimum atomic E-state index is -0.331. The van der Waals surface area contributed by atoms with Crippen LogP contribution >= 0.6 is 0 Å². The summed E-state index contributed by atoms with van der Waals surface area (Å²) in [6.07, 6.45) is 1.08. The molecule has 3 amide bonds. The predicted molar refractivity (Wildman–Crippen MR) is 107 cm³/mol. The van der Waals surface area contributed by atoms with E-state index in [9.17, 15) is 9.59 Å². The van der Waals surface area contributed by atoms with Crippen LogP contribution in [-0.4, -0.2) is 50.2 Å². The van der Waals surface area contributed by atoms with Crippen molar-refractivity contribution < 1.29 is 19.1 Å². The first-order valence-electron chi connectivity index (χ1n) is 9.19. The quantitative estimate of drug-likeness (QED) is 0.770. The Morgan fingerprint density at radius 1 is 1.11 bits per heavy atom.